The summed E-state index contributed by atoms with van der Waals surface area (Å²) in [5.41, 5.74) is 0.620. The first-order valence-corrected chi connectivity index (χ1v) is 12.0. The fraction of sp³-hybridized carbons (Fsp3) is 0.250. The van der Waals surface area contributed by atoms with E-state index in [1.165, 1.54) is 6.07 Å². The van der Waals surface area contributed by atoms with Crippen molar-refractivity contribution < 1.29 is 24.5 Å². The Morgan fingerprint density at radius 2 is 1.65 bits per heavy atom. The van der Waals surface area contributed by atoms with Crippen molar-refractivity contribution in [2.24, 2.45) is 0 Å². The van der Waals surface area contributed by atoms with Gasteiger partial charge in [-0.15, -0.1) is 0 Å². The molecule has 1 saturated heterocycles. The molecule has 190 valence electrons. The van der Waals surface area contributed by atoms with Gasteiger partial charge in [0.15, 0.2) is 16.9 Å². The fourth-order valence-corrected chi connectivity index (χ4v) is 4.78. The van der Waals surface area contributed by atoms with Crippen molar-refractivity contribution >= 4 is 16.9 Å². The lowest BCUT2D eigenvalue weighted by Crippen LogP contribution is -2.47. The lowest BCUT2D eigenvalue weighted by Gasteiger charge is -2.33. The third-order valence-electron chi connectivity index (χ3n) is 6.88. The summed E-state index contributed by atoms with van der Waals surface area (Å²) in [5.74, 6) is -2.97. The first kappa shape index (κ1) is 24.3. The summed E-state index contributed by atoms with van der Waals surface area (Å²) < 4.78 is 6.14. The Hall–Kier alpha value is -4.37. The minimum absolute atomic E-state index is 0.0499. The molecule has 1 aliphatic heterocycles. The third kappa shape index (κ3) is 4.61. The number of benzene rings is 2. The van der Waals surface area contributed by atoms with Crippen LogP contribution >= 0.6 is 0 Å². The minimum Gasteiger partial charge on any atom is -0.504 e. The predicted molar refractivity (Wildman–Crippen MR) is 138 cm³/mol. The molecular formula is C28H27N3O6. The van der Waals surface area contributed by atoms with Gasteiger partial charge in [0.25, 0.3) is 0 Å². The normalized spacial score (nSPS) is 15.1. The molecule has 0 spiro atoms. The van der Waals surface area contributed by atoms with Gasteiger partial charge in [0.2, 0.25) is 11.7 Å². The zero-order valence-electron chi connectivity index (χ0n) is 20.3. The van der Waals surface area contributed by atoms with Gasteiger partial charge in [-0.1, -0.05) is 30.3 Å². The van der Waals surface area contributed by atoms with E-state index in [2.05, 4.69) is 9.88 Å². The number of amides is 1. The van der Waals surface area contributed by atoms with Gasteiger partial charge in [-0.25, -0.2) is 0 Å². The van der Waals surface area contributed by atoms with Crippen molar-refractivity contribution in [2.75, 3.05) is 33.2 Å². The number of aromatic nitrogens is 1. The van der Waals surface area contributed by atoms with Crippen LogP contribution in [-0.4, -0.2) is 69.2 Å². The molecule has 5 rings (SSSR count). The van der Waals surface area contributed by atoms with Crippen LogP contribution < -0.4 is 5.43 Å². The number of rotatable bonds is 5. The van der Waals surface area contributed by atoms with Crippen LogP contribution in [0.3, 0.4) is 0 Å². The fourth-order valence-electron chi connectivity index (χ4n) is 4.78. The van der Waals surface area contributed by atoms with Crippen molar-refractivity contribution in [3.05, 3.63) is 82.3 Å². The molecule has 2 aromatic carbocycles. The van der Waals surface area contributed by atoms with Crippen LogP contribution in [0.15, 0.2) is 70.1 Å². The highest BCUT2D eigenvalue weighted by molar-refractivity contribution is 5.94. The first-order valence-electron chi connectivity index (χ1n) is 12.0. The lowest BCUT2D eigenvalue weighted by molar-refractivity contribution is -0.133. The smallest absolute Gasteiger partial charge is 0.223 e. The maximum absolute atomic E-state index is 13.4. The van der Waals surface area contributed by atoms with Gasteiger partial charge < -0.3 is 29.5 Å². The van der Waals surface area contributed by atoms with Crippen LogP contribution in [-0.2, 0) is 4.79 Å². The van der Waals surface area contributed by atoms with E-state index in [9.17, 15) is 24.9 Å². The molecular weight excluding hydrogens is 474 g/mol. The second-order valence-corrected chi connectivity index (χ2v) is 9.23. The van der Waals surface area contributed by atoms with Crippen molar-refractivity contribution in [3.63, 3.8) is 0 Å². The van der Waals surface area contributed by atoms with Crippen LogP contribution in [0.1, 0.15) is 23.5 Å². The average Bonchev–Trinajstić information content (AvgIpc) is 2.92. The van der Waals surface area contributed by atoms with Gasteiger partial charge in [-0.3, -0.25) is 14.6 Å². The van der Waals surface area contributed by atoms with Crippen LogP contribution in [0, 0.1) is 0 Å². The van der Waals surface area contributed by atoms with Crippen molar-refractivity contribution in [2.45, 2.75) is 12.3 Å². The highest BCUT2D eigenvalue weighted by atomic mass is 16.3. The summed E-state index contributed by atoms with van der Waals surface area (Å²) in [7, 11) is 2.00. The van der Waals surface area contributed by atoms with E-state index >= 15 is 0 Å². The maximum atomic E-state index is 13.4. The summed E-state index contributed by atoms with van der Waals surface area (Å²) in [6, 6.07) is 13.6. The molecule has 1 fully saturated rings. The SMILES string of the molecule is CN1CCN(C(=O)CC(c2ccncc2)c2c(O)c(O)c(O)c3c(=O)cc(-c4ccccc4)oc23)CC1. The van der Waals surface area contributed by atoms with E-state index in [0.29, 0.717) is 24.2 Å². The maximum Gasteiger partial charge on any atom is 0.223 e. The van der Waals surface area contributed by atoms with Gasteiger partial charge in [0.05, 0.1) is 0 Å². The van der Waals surface area contributed by atoms with Gasteiger partial charge >= 0.3 is 0 Å². The van der Waals surface area contributed by atoms with E-state index in [-0.39, 0.29) is 34.6 Å². The number of aromatic hydroxyl groups is 3. The van der Waals surface area contributed by atoms with Gasteiger partial charge in [-0.05, 0) is 24.7 Å². The Balaban J connectivity index is 1.72. The molecule has 1 atom stereocenters. The highest BCUT2D eigenvalue weighted by Crippen LogP contribution is 2.49. The summed E-state index contributed by atoms with van der Waals surface area (Å²) in [6.07, 6.45) is 3.07. The molecule has 1 amide bonds. The molecule has 3 heterocycles. The number of piperazine rings is 1. The number of hydrogen-bond donors (Lipinski definition) is 3. The summed E-state index contributed by atoms with van der Waals surface area (Å²) in [4.78, 5) is 34.5. The monoisotopic (exact) mass is 501 g/mol. The van der Waals surface area contributed by atoms with Crippen LogP contribution in [0.5, 0.6) is 17.2 Å². The molecule has 37 heavy (non-hydrogen) atoms. The van der Waals surface area contributed by atoms with Crippen molar-refractivity contribution in [1.29, 1.82) is 0 Å². The van der Waals surface area contributed by atoms with E-state index < -0.39 is 28.6 Å². The van der Waals surface area contributed by atoms with Crippen molar-refractivity contribution in [1.82, 2.24) is 14.8 Å². The molecule has 3 N–H and O–H groups in total. The number of carbonyl (C=O) groups excluding carboxylic acids is 1. The summed E-state index contributed by atoms with van der Waals surface area (Å²) in [6.45, 7) is 2.63. The van der Waals surface area contributed by atoms with Gasteiger partial charge in [0.1, 0.15) is 16.7 Å². The topological polar surface area (TPSA) is 127 Å². The number of pyridine rings is 1. The van der Waals surface area contributed by atoms with Gasteiger partial charge in [0, 0.05) is 68.1 Å². The minimum atomic E-state index is -0.839. The van der Waals surface area contributed by atoms with Gasteiger partial charge in [-0.2, -0.15) is 0 Å². The zero-order valence-corrected chi connectivity index (χ0v) is 20.3. The van der Waals surface area contributed by atoms with E-state index in [1.54, 1.807) is 53.7 Å². The average molecular weight is 502 g/mol. The lowest BCUT2D eigenvalue weighted by atomic mass is 9.86. The third-order valence-corrected chi connectivity index (χ3v) is 6.88. The van der Waals surface area contributed by atoms with E-state index in [4.69, 9.17) is 4.42 Å². The molecule has 1 unspecified atom stereocenters. The molecule has 0 radical (unpaired) electrons. The Morgan fingerprint density at radius 1 is 0.973 bits per heavy atom. The molecule has 0 bridgehead atoms. The number of nitrogens with zero attached hydrogens (tertiary/aromatic N) is 3. The quantitative estimate of drug-likeness (QED) is 0.356. The molecule has 0 aliphatic carbocycles. The Morgan fingerprint density at radius 3 is 2.32 bits per heavy atom. The summed E-state index contributed by atoms with van der Waals surface area (Å²) in [5, 5.41) is 32.1. The largest absolute Gasteiger partial charge is 0.504 e. The first-order chi connectivity index (χ1) is 17.8. The zero-order chi connectivity index (χ0) is 26.1. The standard InChI is InChI=1S/C28H27N3O6/c1-30-11-13-31(14-12-30)22(33)15-19(17-7-9-29-10-8-17)23-25(34)27(36)26(35)24-20(32)16-21(37-28(23)24)18-5-3-2-4-6-18/h2-10,16,19,34-36H,11-15H2,1H3. The van der Waals surface area contributed by atoms with Crippen LogP contribution in [0.25, 0.3) is 22.3 Å². The van der Waals surface area contributed by atoms with Crippen LogP contribution in [0.4, 0.5) is 0 Å². The van der Waals surface area contributed by atoms with E-state index in [1.807, 2.05) is 13.1 Å². The molecule has 0 saturated carbocycles. The number of phenolic OH excluding ortho intramolecular Hbond substituents is 3. The number of phenols is 3. The second kappa shape index (κ2) is 9.94. The van der Waals surface area contributed by atoms with E-state index in [0.717, 1.165) is 13.1 Å². The number of fused-ring (bicyclic) bond motifs is 1. The molecule has 4 aromatic rings. The Kier molecular flexibility index (Phi) is 6.54. The molecule has 1 aliphatic rings. The van der Waals surface area contributed by atoms with Crippen LogP contribution in [0.2, 0.25) is 0 Å². The second-order valence-electron chi connectivity index (χ2n) is 9.23. The number of likely N-dealkylation sites (N-methyl/N-ethyl adjacent to an activating group) is 1. The molecule has 9 heteroatoms. The molecule has 9 nitrogen and oxygen atoms in total. The Labute approximate surface area is 212 Å². The Bertz CT molecular complexity index is 1500. The molecule has 2 aromatic heterocycles. The number of carbonyl (C=O) groups is 1. The number of hydrogen-bond acceptors (Lipinski definition) is 8. The highest BCUT2D eigenvalue weighted by Gasteiger charge is 2.32. The predicted octanol–water partition coefficient (Wildman–Crippen LogP) is 3.27. The van der Waals surface area contributed by atoms with Crippen molar-refractivity contribution in [3.8, 4) is 28.6 Å². The summed E-state index contributed by atoms with van der Waals surface area (Å²) >= 11 is 0.